The number of methoxy groups -OCH3 is 1. The highest BCUT2D eigenvalue weighted by Crippen LogP contribution is 2.14. The van der Waals surface area contributed by atoms with E-state index < -0.39 is 5.97 Å². The fourth-order valence-corrected chi connectivity index (χ4v) is 1.33. The van der Waals surface area contributed by atoms with Gasteiger partial charge in [0, 0.05) is 20.2 Å². The zero-order valence-electron chi connectivity index (χ0n) is 9.67. The van der Waals surface area contributed by atoms with Gasteiger partial charge in [-0.3, -0.25) is 0 Å². The van der Waals surface area contributed by atoms with Gasteiger partial charge in [0.25, 0.3) is 0 Å². The molecule has 0 radical (unpaired) electrons. The number of anilines is 1. The van der Waals surface area contributed by atoms with Crippen molar-refractivity contribution in [3.8, 4) is 0 Å². The first-order valence-electron chi connectivity index (χ1n) is 4.97. The lowest BCUT2D eigenvalue weighted by molar-refractivity contribution is 0.0690. The molecule has 16 heavy (non-hydrogen) atoms. The van der Waals surface area contributed by atoms with Gasteiger partial charge in [-0.05, 0) is 19.1 Å². The molecule has 88 valence electrons. The van der Waals surface area contributed by atoms with E-state index in [1.807, 2.05) is 18.9 Å². The second-order valence-electron chi connectivity index (χ2n) is 3.62. The predicted molar refractivity (Wildman–Crippen MR) is 60.9 cm³/mol. The minimum absolute atomic E-state index is 0.0524. The zero-order valence-corrected chi connectivity index (χ0v) is 9.67. The number of rotatable bonds is 5. The van der Waals surface area contributed by atoms with Crippen LogP contribution in [0.3, 0.4) is 0 Å². The molecule has 0 amide bonds. The lowest BCUT2D eigenvalue weighted by Gasteiger charge is -2.26. The van der Waals surface area contributed by atoms with Gasteiger partial charge in [0.1, 0.15) is 5.69 Å². The molecule has 0 aromatic carbocycles. The van der Waals surface area contributed by atoms with Crippen molar-refractivity contribution in [1.29, 1.82) is 0 Å². The van der Waals surface area contributed by atoms with Gasteiger partial charge in [0.05, 0.1) is 18.5 Å². The van der Waals surface area contributed by atoms with Crippen LogP contribution >= 0.6 is 0 Å². The highest BCUT2D eigenvalue weighted by Gasteiger charge is 2.11. The third kappa shape index (κ3) is 2.93. The summed E-state index contributed by atoms with van der Waals surface area (Å²) in [4.78, 5) is 16.5. The fourth-order valence-electron chi connectivity index (χ4n) is 1.33. The van der Waals surface area contributed by atoms with Crippen molar-refractivity contribution in [3.05, 3.63) is 24.0 Å². The van der Waals surface area contributed by atoms with E-state index in [4.69, 9.17) is 9.84 Å². The SMILES string of the molecule is COCC(C)N(C)c1ccc(C(=O)O)nc1. The normalized spacial score (nSPS) is 12.2. The number of hydrogen-bond donors (Lipinski definition) is 1. The molecule has 0 spiro atoms. The van der Waals surface area contributed by atoms with E-state index in [0.717, 1.165) is 5.69 Å². The van der Waals surface area contributed by atoms with Crippen LogP contribution in [0.2, 0.25) is 0 Å². The number of carbonyl (C=O) groups is 1. The third-order valence-electron chi connectivity index (χ3n) is 2.44. The van der Waals surface area contributed by atoms with Gasteiger partial charge >= 0.3 is 5.97 Å². The number of ether oxygens (including phenoxy) is 1. The maximum absolute atomic E-state index is 10.6. The first-order chi connectivity index (χ1) is 7.56. The van der Waals surface area contributed by atoms with E-state index in [0.29, 0.717) is 6.61 Å². The van der Waals surface area contributed by atoms with Crippen LogP contribution < -0.4 is 4.90 Å². The van der Waals surface area contributed by atoms with Crippen LogP contribution in [0, 0.1) is 0 Å². The highest BCUT2D eigenvalue weighted by molar-refractivity contribution is 5.85. The van der Waals surface area contributed by atoms with Crippen LogP contribution in [0.4, 0.5) is 5.69 Å². The summed E-state index contributed by atoms with van der Waals surface area (Å²) < 4.78 is 5.05. The molecule has 1 aromatic rings. The summed E-state index contributed by atoms with van der Waals surface area (Å²) in [5, 5.41) is 8.71. The van der Waals surface area contributed by atoms with Crippen molar-refractivity contribution in [1.82, 2.24) is 4.98 Å². The van der Waals surface area contributed by atoms with Crippen molar-refractivity contribution in [3.63, 3.8) is 0 Å². The molecule has 0 aliphatic rings. The minimum atomic E-state index is -1.01. The Balaban J connectivity index is 2.77. The Kier molecular flexibility index (Phi) is 4.25. The number of aromatic nitrogens is 1. The monoisotopic (exact) mass is 224 g/mol. The van der Waals surface area contributed by atoms with Crippen LogP contribution in [0.1, 0.15) is 17.4 Å². The molecule has 1 aromatic heterocycles. The summed E-state index contributed by atoms with van der Waals surface area (Å²) in [6.07, 6.45) is 1.55. The largest absolute Gasteiger partial charge is 0.477 e. The molecule has 5 nitrogen and oxygen atoms in total. The molecule has 0 fully saturated rings. The van der Waals surface area contributed by atoms with Crippen LogP contribution in [-0.2, 0) is 4.74 Å². The average Bonchev–Trinajstić information content (AvgIpc) is 2.28. The summed E-state index contributed by atoms with van der Waals surface area (Å²) in [5.41, 5.74) is 0.922. The van der Waals surface area contributed by atoms with E-state index >= 15 is 0 Å². The number of likely N-dealkylation sites (N-methyl/N-ethyl adjacent to an activating group) is 1. The first kappa shape index (κ1) is 12.4. The Labute approximate surface area is 94.7 Å². The predicted octanol–water partition coefficient (Wildman–Crippen LogP) is 1.25. The van der Waals surface area contributed by atoms with Gasteiger partial charge in [-0.1, -0.05) is 0 Å². The molecular formula is C11H16N2O3. The Morgan fingerprint density at radius 1 is 1.62 bits per heavy atom. The molecule has 0 aliphatic carbocycles. The Morgan fingerprint density at radius 3 is 2.75 bits per heavy atom. The zero-order chi connectivity index (χ0) is 12.1. The highest BCUT2D eigenvalue weighted by atomic mass is 16.5. The number of aromatic carboxylic acids is 1. The smallest absolute Gasteiger partial charge is 0.354 e. The first-order valence-corrected chi connectivity index (χ1v) is 4.97. The fraction of sp³-hybridized carbons (Fsp3) is 0.455. The molecule has 5 heteroatoms. The van der Waals surface area contributed by atoms with E-state index in [2.05, 4.69) is 4.98 Å². The molecule has 1 N–H and O–H groups in total. The van der Waals surface area contributed by atoms with Crippen molar-refractivity contribution >= 4 is 11.7 Å². The van der Waals surface area contributed by atoms with Crippen molar-refractivity contribution in [2.75, 3.05) is 25.7 Å². The molecule has 1 atom stereocenters. The topological polar surface area (TPSA) is 62.7 Å². The van der Waals surface area contributed by atoms with Gasteiger partial charge in [0.2, 0.25) is 0 Å². The molecule has 0 saturated carbocycles. The lowest BCUT2D eigenvalue weighted by atomic mass is 10.2. The van der Waals surface area contributed by atoms with E-state index in [-0.39, 0.29) is 11.7 Å². The number of carboxylic acid groups (broad SMARTS) is 1. The lowest BCUT2D eigenvalue weighted by Crippen LogP contribution is -2.32. The standard InChI is InChI=1S/C11H16N2O3/c1-8(7-16-3)13(2)9-4-5-10(11(14)15)12-6-9/h4-6,8H,7H2,1-3H3,(H,14,15). The van der Waals surface area contributed by atoms with Crippen LogP contribution in [-0.4, -0.2) is 42.9 Å². The Morgan fingerprint density at radius 2 is 2.31 bits per heavy atom. The molecule has 1 rings (SSSR count). The molecule has 0 bridgehead atoms. The average molecular weight is 224 g/mol. The Bertz CT molecular complexity index is 351. The van der Waals surface area contributed by atoms with Gasteiger partial charge in [-0.25, -0.2) is 9.78 Å². The van der Waals surface area contributed by atoms with E-state index in [1.54, 1.807) is 19.4 Å². The number of hydrogen-bond acceptors (Lipinski definition) is 4. The van der Waals surface area contributed by atoms with Crippen molar-refractivity contribution in [2.45, 2.75) is 13.0 Å². The second kappa shape index (κ2) is 5.46. The summed E-state index contributed by atoms with van der Waals surface area (Å²) in [6.45, 7) is 2.63. The van der Waals surface area contributed by atoms with Crippen LogP contribution in [0.5, 0.6) is 0 Å². The molecule has 0 saturated heterocycles. The number of carboxylic acids is 1. The van der Waals surface area contributed by atoms with Gasteiger partial charge in [-0.2, -0.15) is 0 Å². The van der Waals surface area contributed by atoms with Gasteiger partial charge < -0.3 is 14.7 Å². The summed E-state index contributed by atoms with van der Waals surface area (Å²) in [6, 6.07) is 3.44. The van der Waals surface area contributed by atoms with Crippen molar-refractivity contribution < 1.29 is 14.6 Å². The van der Waals surface area contributed by atoms with E-state index in [9.17, 15) is 4.79 Å². The van der Waals surface area contributed by atoms with Gasteiger partial charge in [0.15, 0.2) is 0 Å². The Hall–Kier alpha value is -1.62. The number of pyridine rings is 1. The summed E-state index contributed by atoms with van der Waals surface area (Å²) in [7, 11) is 3.57. The molecule has 0 aliphatic heterocycles. The number of nitrogens with zero attached hydrogens (tertiary/aromatic N) is 2. The third-order valence-corrected chi connectivity index (χ3v) is 2.44. The summed E-state index contributed by atoms with van der Waals surface area (Å²) >= 11 is 0. The quantitative estimate of drug-likeness (QED) is 0.815. The maximum atomic E-state index is 10.6. The van der Waals surface area contributed by atoms with Crippen LogP contribution in [0.15, 0.2) is 18.3 Å². The molecule has 1 unspecified atom stereocenters. The molecule has 1 heterocycles. The van der Waals surface area contributed by atoms with Crippen molar-refractivity contribution in [2.24, 2.45) is 0 Å². The van der Waals surface area contributed by atoms with E-state index in [1.165, 1.54) is 6.07 Å². The second-order valence-corrected chi connectivity index (χ2v) is 3.62. The summed E-state index contributed by atoms with van der Waals surface area (Å²) in [5.74, 6) is -1.01. The maximum Gasteiger partial charge on any atom is 0.354 e. The van der Waals surface area contributed by atoms with Gasteiger partial charge in [-0.15, -0.1) is 0 Å². The minimum Gasteiger partial charge on any atom is -0.477 e. The van der Waals surface area contributed by atoms with Crippen LogP contribution in [0.25, 0.3) is 0 Å². The molecular weight excluding hydrogens is 208 g/mol.